The van der Waals surface area contributed by atoms with Gasteiger partial charge < -0.3 is 0 Å². The standard InChI is InChI=1S/C15H10BrClN4S/c16-13-7-2-1-6-12(13)14-19-20-15(22)21(14)18-9-10-4-3-5-11(17)8-10/h1-9H,(H,20,22)/b18-9+. The Hall–Kier alpha value is -1.76. The quantitative estimate of drug-likeness (QED) is 0.508. The van der Waals surface area contributed by atoms with Gasteiger partial charge in [-0.25, -0.2) is 5.10 Å². The van der Waals surface area contributed by atoms with Crippen molar-refractivity contribution >= 4 is 46.0 Å². The highest BCUT2D eigenvalue weighted by molar-refractivity contribution is 9.10. The van der Waals surface area contributed by atoms with Crippen molar-refractivity contribution in [2.45, 2.75) is 0 Å². The van der Waals surface area contributed by atoms with Gasteiger partial charge in [0.25, 0.3) is 0 Å². The van der Waals surface area contributed by atoms with Crippen molar-refractivity contribution in [3.63, 3.8) is 0 Å². The maximum Gasteiger partial charge on any atom is 0.216 e. The Balaban J connectivity index is 2.04. The molecule has 0 aliphatic rings. The van der Waals surface area contributed by atoms with E-state index in [9.17, 15) is 0 Å². The van der Waals surface area contributed by atoms with E-state index in [1.165, 1.54) is 0 Å². The maximum absolute atomic E-state index is 5.97. The molecule has 7 heteroatoms. The van der Waals surface area contributed by atoms with Crippen LogP contribution in [0.1, 0.15) is 5.56 Å². The molecule has 0 saturated carbocycles. The van der Waals surface area contributed by atoms with Gasteiger partial charge in [-0.1, -0.05) is 51.8 Å². The molecular weight excluding hydrogens is 384 g/mol. The Morgan fingerprint density at radius 3 is 2.82 bits per heavy atom. The van der Waals surface area contributed by atoms with Crippen LogP contribution in [0.15, 0.2) is 58.1 Å². The van der Waals surface area contributed by atoms with Gasteiger partial charge in [-0.2, -0.15) is 14.9 Å². The number of benzene rings is 2. The Bertz CT molecular complexity index is 900. The fourth-order valence-corrected chi connectivity index (χ4v) is 2.77. The van der Waals surface area contributed by atoms with Crippen LogP contribution in [-0.2, 0) is 0 Å². The lowest BCUT2D eigenvalue weighted by Crippen LogP contribution is -1.95. The zero-order valence-electron chi connectivity index (χ0n) is 11.2. The Kier molecular flexibility index (Phi) is 4.52. The Morgan fingerprint density at radius 1 is 1.23 bits per heavy atom. The molecule has 1 aromatic heterocycles. The molecule has 0 aliphatic carbocycles. The van der Waals surface area contributed by atoms with Crippen LogP contribution in [-0.4, -0.2) is 21.1 Å². The summed E-state index contributed by atoms with van der Waals surface area (Å²) in [5.41, 5.74) is 1.78. The third kappa shape index (κ3) is 3.19. The molecule has 1 heterocycles. The average Bonchev–Trinajstić information content (AvgIpc) is 2.87. The number of nitrogens with zero attached hydrogens (tertiary/aromatic N) is 3. The van der Waals surface area contributed by atoms with Crippen molar-refractivity contribution in [3.8, 4) is 11.4 Å². The van der Waals surface area contributed by atoms with Crippen LogP contribution < -0.4 is 0 Å². The minimum absolute atomic E-state index is 0.420. The van der Waals surface area contributed by atoms with Gasteiger partial charge in [-0.15, -0.1) is 0 Å². The van der Waals surface area contributed by atoms with Gasteiger partial charge in [0.2, 0.25) is 4.77 Å². The lowest BCUT2D eigenvalue weighted by Gasteiger charge is -2.03. The second-order valence-corrected chi connectivity index (χ2v) is 6.12. The zero-order chi connectivity index (χ0) is 15.5. The predicted octanol–water partition coefficient (Wildman–Crippen LogP) is 4.91. The van der Waals surface area contributed by atoms with Crippen molar-refractivity contribution in [2.75, 3.05) is 0 Å². The molecular formula is C15H10BrClN4S. The molecule has 0 spiro atoms. The highest BCUT2D eigenvalue weighted by Gasteiger charge is 2.10. The van der Waals surface area contributed by atoms with E-state index in [2.05, 4.69) is 31.2 Å². The van der Waals surface area contributed by atoms with Crippen molar-refractivity contribution in [2.24, 2.45) is 5.10 Å². The van der Waals surface area contributed by atoms with Crippen molar-refractivity contribution in [1.82, 2.24) is 14.9 Å². The maximum atomic E-state index is 5.97. The summed E-state index contributed by atoms with van der Waals surface area (Å²) in [6.45, 7) is 0. The normalized spacial score (nSPS) is 11.2. The van der Waals surface area contributed by atoms with Crippen molar-refractivity contribution < 1.29 is 0 Å². The predicted molar refractivity (Wildman–Crippen MR) is 95.0 cm³/mol. The lowest BCUT2D eigenvalue weighted by molar-refractivity contribution is 0.871. The average molecular weight is 394 g/mol. The second-order valence-electron chi connectivity index (χ2n) is 4.44. The first kappa shape index (κ1) is 15.1. The fourth-order valence-electron chi connectivity index (χ4n) is 1.93. The van der Waals surface area contributed by atoms with E-state index in [4.69, 9.17) is 23.8 Å². The molecule has 0 radical (unpaired) electrons. The van der Waals surface area contributed by atoms with E-state index in [1.807, 2.05) is 48.5 Å². The van der Waals surface area contributed by atoms with E-state index >= 15 is 0 Å². The Labute approximate surface area is 145 Å². The smallest absolute Gasteiger partial charge is 0.216 e. The molecule has 0 atom stereocenters. The van der Waals surface area contributed by atoms with E-state index in [0.29, 0.717) is 15.6 Å². The minimum atomic E-state index is 0.420. The summed E-state index contributed by atoms with van der Waals surface area (Å²) in [5, 5.41) is 12.1. The molecule has 0 bridgehead atoms. The van der Waals surface area contributed by atoms with E-state index in [1.54, 1.807) is 10.9 Å². The van der Waals surface area contributed by atoms with Crippen molar-refractivity contribution in [3.05, 3.63) is 68.4 Å². The third-order valence-electron chi connectivity index (χ3n) is 2.94. The summed E-state index contributed by atoms with van der Waals surface area (Å²) < 4.78 is 2.92. The Morgan fingerprint density at radius 2 is 2.05 bits per heavy atom. The molecule has 1 N–H and O–H groups in total. The number of H-pyrrole nitrogens is 1. The molecule has 2 aromatic carbocycles. The first-order valence-electron chi connectivity index (χ1n) is 6.37. The van der Waals surface area contributed by atoms with E-state index in [-0.39, 0.29) is 0 Å². The van der Waals surface area contributed by atoms with E-state index < -0.39 is 0 Å². The van der Waals surface area contributed by atoms with Gasteiger partial charge >= 0.3 is 0 Å². The van der Waals surface area contributed by atoms with Crippen LogP contribution in [0.2, 0.25) is 5.02 Å². The number of halogens is 2. The van der Waals surface area contributed by atoms with Crippen LogP contribution in [0.3, 0.4) is 0 Å². The number of aromatic nitrogens is 3. The largest absolute Gasteiger partial charge is 0.250 e. The number of hydrogen-bond donors (Lipinski definition) is 1. The summed E-state index contributed by atoms with van der Waals surface area (Å²) in [6, 6.07) is 15.2. The SMILES string of the molecule is S=c1[nH]nc(-c2ccccc2Br)n1/N=C/c1cccc(Cl)c1. The third-order valence-corrected chi connectivity index (χ3v) is 4.13. The highest BCUT2D eigenvalue weighted by Crippen LogP contribution is 2.26. The number of aromatic amines is 1. The van der Waals surface area contributed by atoms with Gasteiger partial charge in [0.15, 0.2) is 5.82 Å². The van der Waals surface area contributed by atoms with Gasteiger partial charge in [-0.05, 0) is 42.0 Å². The van der Waals surface area contributed by atoms with Gasteiger partial charge in [0, 0.05) is 15.1 Å². The molecule has 3 rings (SSSR count). The monoisotopic (exact) mass is 392 g/mol. The van der Waals surface area contributed by atoms with Crippen LogP contribution >= 0.6 is 39.7 Å². The minimum Gasteiger partial charge on any atom is -0.250 e. The summed E-state index contributed by atoms with van der Waals surface area (Å²) in [5.74, 6) is 0.635. The summed E-state index contributed by atoms with van der Waals surface area (Å²) in [6.07, 6.45) is 1.69. The fraction of sp³-hybridized carbons (Fsp3) is 0. The summed E-state index contributed by atoms with van der Waals surface area (Å²) in [4.78, 5) is 0. The molecule has 0 saturated heterocycles. The molecule has 3 aromatic rings. The van der Waals surface area contributed by atoms with Crippen molar-refractivity contribution in [1.29, 1.82) is 0 Å². The first-order valence-corrected chi connectivity index (χ1v) is 7.95. The molecule has 0 aliphatic heterocycles. The number of nitrogens with one attached hydrogen (secondary N) is 1. The topological polar surface area (TPSA) is 46.0 Å². The molecule has 0 fully saturated rings. The van der Waals surface area contributed by atoms with Crippen LogP contribution in [0.5, 0.6) is 0 Å². The van der Waals surface area contributed by atoms with E-state index in [0.717, 1.165) is 15.6 Å². The van der Waals surface area contributed by atoms with Gasteiger partial charge in [-0.3, -0.25) is 0 Å². The second kappa shape index (κ2) is 6.56. The molecule has 0 unspecified atom stereocenters. The van der Waals surface area contributed by atoms with Gasteiger partial charge in [0.05, 0.1) is 6.21 Å². The molecule has 22 heavy (non-hydrogen) atoms. The van der Waals surface area contributed by atoms with Gasteiger partial charge in [0.1, 0.15) is 0 Å². The molecule has 0 amide bonds. The summed E-state index contributed by atoms with van der Waals surface area (Å²) in [7, 11) is 0. The first-order chi connectivity index (χ1) is 10.6. The highest BCUT2D eigenvalue weighted by atomic mass is 79.9. The summed E-state index contributed by atoms with van der Waals surface area (Å²) >= 11 is 14.7. The van der Waals surface area contributed by atoms with Crippen LogP contribution in [0.25, 0.3) is 11.4 Å². The van der Waals surface area contributed by atoms with Crippen LogP contribution in [0.4, 0.5) is 0 Å². The molecule has 4 nitrogen and oxygen atoms in total. The lowest BCUT2D eigenvalue weighted by atomic mass is 10.2. The van der Waals surface area contributed by atoms with Crippen LogP contribution in [0, 0.1) is 4.77 Å². The zero-order valence-corrected chi connectivity index (χ0v) is 14.4. The molecule has 110 valence electrons. The number of rotatable bonds is 3. The number of hydrogen-bond acceptors (Lipinski definition) is 3.